The highest BCUT2D eigenvalue weighted by atomic mass is 35.5. The molecule has 0 aromatic heterocycles. The maximum Gasteiger partial charge on any atom is 0.270 e. The standard InChI is InChI=1S/C24H17ClFNO3S2/c25-18-8-1-4-11-21(18)30-13-12-29-17-7-5-6-16(14-17)15-22-23(28)27(24(31)32-22)20-10-3-2-9-19(20)26/h1-11,14-15H,12-13H2. The monoisotopic (exact) mass is 485 g/mol. The van der Waals surface area contributed by atoms with Crippen LogP contribution in [0.3, 0.4) is 0 Å². The van der Waals surface area contributed by atoms with Crippen molar-refractivity contribution in [2.24, 2.45) is 0 Å². The highest BCUT2D eigenvalue weighted by molar-refractivity contribution is 8.27. The molecule has 0 radical (unpaired) electrons. The lowest BCUT2D eigenvalue weighted by Crippen LogP contribution is -2.28. The quantitative estimate of drug-likeness (QED) is 0.222. The molecule has 0 spiro atoms. The number of rotatable bonds is 7. The van der Waals surface area contributed by atoms with Gasteiger partial charge in [0.2, 0.25) is 0 Å². The van der Waals surface area contributed by atoms with E-state index >= 15 is 0 Å². The highest BCUT2D eigenvalue weighted by Crippen LogP contribution is 2.37. The fourth-order valence-corrected chi connectivity index (χ4v) is 4.50. The average molecular weight is 486 g/mol. The van der Waals surface area contributed by atoms with E-state index in [0.717, 1.165) is 17.3 Å². The van der Waals surface area contributed by atoms with Crippen molar-refractivity contribution in [1.82, 2.24) is 0 Å². The number of thiocarbonyl (C=S) groups is 1. The van der Waals surface area contributed by atoms with Crippen LogP contribution in [0.5, 0.6) is 11.5 Å². The molecular weight excluding hydrogens is 469 g/mol. The Morgan fingerprint density at radius 1 is 1.00 bits per heavy atom. The van der Waals surface area contributed by atoms with Gasteiger partial charge >= 0.3 is 0 Å². The number of halogens is 2. The third-order valence-electron chi connectivity index (χ3n) is 4.49. The molecule has 1 aliphatic rings. The predicted octanol–water partition coefficient (Wildman–Crippen LogP) is 6.34. The van der Waals surface area contributed by atoms with Gasteiger partial charge in [0, 0.05) is 0 Å². The van der Waals surface area contributed by atoms with Crippen molar-refractivity contribution in [3.63, 3.8) is 0 Å². The molecule has 8 heteroatoms. The average Bonchev–Trinajstić information content (AvgIpc) is 3.06. The molecule has 0 N–H and O–H groups in total. The molecule has 0 aliphatic carbocycles. The lowest BCUT2D eigenvalue weighted by Gasteiger charge is -2.14. The molecule has 0 bridgehead atoms. The van der Waals surface area contributed by atoms with Gasteiger partial charge in [-0.3, -0.25) is 9.69 Å². The van der Waals surface area contributed by atoms with Crippen molar-refractivity contribution < 1.29 is 18.7 Å². The fourth-order valence-electron chi connectivity index (χ4n) is 3.03. The number of benzene rings is 3. The van der Waals surface area contributed by atoms with Gasteiger partial charge in [-0.1, -0.05) is 72.0 Å². The predicted molar refractivity (Wildman–Crippen MR) is 131 cm³/mol. The molecule has 3 aromatic rings. The Morgan fingerprint density at radius 3 is 2.56 bits per heavy atom. The summed E-state index contributed by atoms with van der Waals surface area (Å²) in [6.45, 7) is 0.652. The van der Waals surface area contributed by atoms with Crippen LogP contribution in [0.2, 0.25) is 5.02 Å². The zero-order chi connectivity index (χ0) is 22.5. The first kappa shape index (κ1) is 22.3. The highest BCUT2D eigenvalue weighted by Gasteiger charge is 2.34. The summed E-state index contributed by atoms with van der Waals surface area (Å²) in [6, 6.07) is 20.6. The molecule has 0 unspecified atom stereocenters. The first-order valence-electron chi connectivity index (χ1n) is 9.65. The van der Waals surface area contributed by atoms with E-state index in [-0.39, 0.29) is 15.9 Å². The molecule has 0 saturated carbocycles. The number of para-hydroxylation sites is 2. The molecule has 1 amide bonds. The Kier molecular flexibility index (Phi) is 7.09. The second kappa shape index (κ2) is 10.2. The van der Waals surface area contributed by atoms with Gasteiger partial charge in [-0.15, -0.1) is 0 Å². The fraction of sp³-hybridized carbons (Fsp3) is 0.0833. The number of ether oxygens (including phenoxy) is 2. The lowest BCUT2D eigenvalue weighted by molar-refractivity contribution is -0.113. The van der Waals surface area contributed by atoms with Crippen molar-refractivity contribution in [2.45, 2.75) is 0 Å². The third-order valence-corrected chi connectivity index (χ3v) is 6.10. The van der Waals surface area contributed by atoms with Gasteiger partial charge in [0.1, 0.15) is 30.5 Å². The van der Waals surface area contributed by atoms with E-state index in [1.165, 1.54) is 17.0 Å². The van der Waals surface area contributed by atoms with Gasteiger partial charge in [0.05, 0.1) is 15.6 Å². The minimum atomic E-state index is -0.501. The largest absolute Gasteiger partial charge is 0.490 e. The molecule has 1 fully saturated rings. The number of amides is 1. The molecular formula is C24H17ClFNO3S2. The number of thioether (sulfide) groups is 1. The molecule has 4 rings (SSSR count). The first-order valence-corrected chi connectivity index (χ1v) is 11.3. The van der Waals surface area contributed by atoms with Crippen molar-refractivity contribution in [1.29, 1.82) is 0 Å². The second-order valence-electron chi connectivity index (χ2n) is 6.67. The van der Waals surface area contributed by atoms with Gasteiger partial charge in [-0.25, -0.2) is 4.39 Å². The van der Waals surface area contributed by atoms with E-state index in [0.29, 0.717) is 34.6 Å². The van der Waals surface area contributed by atoms with Crippen molar-refractivity contribution in [3.8, 4) is 11.5 Å². The summed E-state index contributed by atoms with van der Waals surface area (Å²) in [7, 11) is 0. The Labute approximate surface area is 199 Å². The van der Waals surface area contributed by atoms with Gasteiger partial charge in [0.15, 0.2) is 4.32 Å². The summed E-state index contributed by atoms with van der Waals surface area (Å²) < 4.78 is 25.8. The maximum absolute atomic E-state index is 14.2. The summed E-state index contributed by atoms with van der Waals surface area (Å²) in [5.41, 5.74) is 0.914. The van der Waals surface area contributed by atoms with Crippen LogP contribution in [0.15, 0.2) is 77.7 Å². The van der Waals surface area contributed by atoms with Crippen LogP contribution in [0.4, 0.5) is 10.1 Å². The Bertz CT molecular complexity index is 1200. The van der Waals surface area contributed by atoms with Crippen molar-refractivity contribution >= 4 is 57.6 Å². The Hall–Kier alpha value is -2.87. The lowest BCUT2D eigenvalue weighted by atomic mass is 10.2. The van der Waals surface area contributed by atoms with E-state index < -0.39 is 5.82 Å². The number of nitrogens with zero attached hydrogens (tertiary/aromatic N) is 1. The van der Waals surface area contributed by atoms with Crippen LogP contribution in [-0.2, 0) is 4.79 Å². The van der Waals surface area contributed by atoms with Crippen molar-refractivity contribution in [3.05, 3.63) is 94.1 Å². The molecule has 162 valence electrons. The summed E-state index contributed by atoms with van der Waals surface area (Å²) in [5.74, 6) is 0.374. The minimum Gasteiger partial charge on any atom is -0.490 e. The molecule has 1 saturated heterocycles. The van der Waals surface area contributed by atoms with Crippen LogP contribution in [0.1, 0.15) is 5.56 Å². The van der Waals surface area contributed by atoms with Crippen molar-refractivity contribution in [2.75, 3.05) is 18.1 Å². The van der Waals surface area contributed by atoms with E-state index in [1.807, 2.05) is 36.4 Å². The maximum atomic E-state index is 14.2. The number of anilines is 1. The zero-order valence-electron chi connectivity index (χ0n) is 16.7. The first-order chi connectivity index (χ1) is 15.5. The van der Waals surface area contributed by atoms with Crippen LogP contribution in [0, 0.1) is 5.82 Å². The molecule has 3 aromatic carbocycles. The summed E-state index contributed by atoms with van der Waals surface area (Å²) in [5, 5.41) is 0.544. The molecule has 4 nitrogen and oxygen atoms in total. The molecule has 1 aliphatic heterocycles. The number of hydrogen-bond acceptors (Lipinski definition) is 5. The summed E-state index contributed by atoms with van der Waals surface area (Å²) >= 11 is 12.5. The molecule has 32 heavy (non-hydrogen) atoms. The van der Waals surface area contributed by atoms with E-state index in [4.69, 9.17) is 33.3 Å². The molecule has 0 atom stereocenters. The van der Waals surface area contributed by atoms with Crippen LogP contribution >= 0.6 is 35.6 Å². The number of carbonyl (C=O) groups excluding carboxylic acids is 1. The summed E-state index contributed by atoms with van der Waals surface area (Å²) in [4.78, 5) is 14.5. The van der Waals surface area contributed by atoms with Crippen LogP contribution in [-0.4, -0.2) is 23.4 Å². The SMILES string of the molecule is O=C1C(=Cc2cccc(OCCOc3ccccc3Cl)c2)SC(=S)N1c1ccccc1F. The van der Waals surface area contributed by atoms with Gasteiger partial charge in [-0.2, -0.15) is 0 Å². The minimum absolute atomic E-state index is 0.147. The van der Waals surface area contributed by atoms with Gasteiger partial charge in [0.25, 0.3) is 5.91 Å². The topological polar surface area (TPSA) is 38.8 Å². The third kappa shape index (κ3) is 5.12. The van der Waals surface area contributed by atoms with Crippen LogP contribution < -0.4 is 14.4 Å². The van der Waals surface area contributed by atoms with E-state index in [9.17, 15) is 9.18 Å². The second-order valence-corrected chi connectivity index (χ2v) is 8.75. The smallest absolute Gasteiger partial charge is 0.270 e. The van der Waals surface area contributed by atoms with E-state index in [2.05, 4.69) is 0 Å². The normalized spacial score (nSPS) is 14.8. The Morgan fingerprint density at radius 2 is 1.75 bits per heavy atom. The van der Waals surface area contributed by atoms with E-state index in [1.54, 1.807) is 30.3 Å². The van der Waals surface area contributed by atoms with Gasteiger partial charge < -0.3 is 9.47 Å². The number of carbonyl (C=O) groups is 1. The molecule has 1 heterocycles. The zero-order valence-corrected chi connectivity index (χ0v) is 19.1. The summed E-state index contributed by atoms with van der Waals surface area (Å²) in [6.07, 6.45) is 1.72. The Balaban J connectivity index is 1.41. The number of hydrogen-bond donors (Lipinski definition) is 0. The van der Waals surface area contributed by atoms with Gasteiger partial charge in [-0.05, 0) is 48.0 Å². The van der Waals surface area contributed by atoms with Crippen LogP contribution in [0.25, 0.3) is 6.08 Å².